The van der Waals surface area contributed by atoms with Crippen LogP contribution in [0.15, 0.2) is 18.3 Å². The highest BCUT2D eigenvalue weighted by Crippen LogP contribution is 2.32. The largest absolute Gasteiger partial charge is 0.355 e. The van der Waals surface area contributed by atoms with Gasteiger partial charge in [-0.15, -0.1) is 0 Å². The zero-order valence-electron chi connectivity index (χ0n) is 11.4. The monoisotopic (exact) mass is 331 g/mol. The van der Waals surface area contributed by atoms with Crippen LogP contribution >= 0.6 is 34.8 Å². The van der Waals surface area contributed by atoms with Crippen molar-refractivity contribution in [2.45, 2.75) is 26.7 Å². The summed E-state index contributed by atoms with van der Waals surface area (Å²) in [5.41, 5.74) is 1.67. The number of aromatic nitrogens is 2. The number of halogens is 3. The molecule has 2 aromatic rings. The molecule has 1 aromatic carbocycles. The fourth-order valence-electron chi connectivity index (χ4n) is 1.88. The van der Waals surface area contributed by atoms with E-state index in [0.29, 0.717) is 15.1 Å². The van der Waals surface area contributed by atoms with Crippen molar-refractivity contribution in [2.24, 2.45) is 0 Å². The van der Waals surface area contributed by atoms with E-state index in [1.807, 2.05) is 17.7 Å². The highest BCUT2D eigenvalue weighted by Gasteiger charge is 2.12. The summed E-state index contributed by atoms with van der Waals surface area (Å²) < 4.78 is 1.90. The van der Waals surface area contributed by atoms with Crippen LogP contribution in [-0.4, -0.2) is 16.1 Å². The first-order chi connectivity index (χ1) is 9.52. The third-order valence-electron chi connectivity index (χ3n) is 2.89. The van der Waals surface area contributed by atoms with Gasteiger partial charge >= 0.3 is 0 Å². The van der Waals surface area contributed by atoms with E-state index >= 15 is 0 Å². The molecule has 0 unspecified atom stereocenters. The maximum Gasteiger partial charge on any atom is 0.207 e. The van der Waals surface area contributed by atoms with E-state index in [1.165, 1.54) is 0 Å². The van der Waals surface area contributed by atoms with Gasteiger partial charge in [0.1, 0.15) is 0 Å². The Morgan fingerprint density at radius 1 is 1.15 bits per heavy atom. The second-order valence-electron chi connectivity index (χ2n) is 4.57. The Kier molecular flexibility index (Phi) is 5.19. The lowest BCUT2D eigenvalue weighted by atomic mass is 10.3. The van der Waals surface area contributed by atoms with Crippen LogP contribution in [0, 0.1) is 6.92 Å². The van der Waals surface area contributed by atoms with Crippen molar-refractivity contribution in [3.05, 3.63) is 39.1 Å². The first kappa shape index (κ1) is 15.5. The molecule has 0 bridgehead atoms. The third kappa shape index (κ3) is 3.40. The molecule has 6 heteroatoms. The molecule has 0 saturated carbocycles. The van der Waals surface area contributed by atoms with Crippen molar-refractivity contribution in [1.29, 1.82) is 0 Å². The number of nitrogens with zero attached hydrogens (tertiary/aromatic N) is 2. The molecular weight excluding hydrogens is 317 g/mol. The van der Waals surface area contributed by atoms with Crippen LogP contribution in [0.1, 0.15) is 25.5 Å². The minimum absolute atomic E-state index is 0.442. The zero-order valence-corrected chi connectivity index (χ0v) is 13.6. The lowest BCUT2D eigenvalue weighted by Crippen LogP contribution is -2.07. The Labute approximate surface area is 133 Å². The minimum atomic E-state index is 0.442. The van der Waals surface area contributed by atoms with Gasteiger partial charge in [-0.2, -0.15) is 0 Å². The van der Waals surface area contributed by atoms with Crippen molar-refractivity contribution >= 4 is 40.8 Å². The molecule has 1 aromatic heterocycles. The number of hydrogen-bond acceptors (Lipinski definition) is 2. The first-order valence-corrected chi connectivity index (χ1v) is 7.61. The molecule has 108 valence electrons. The second kappa shape index (κ2) is 6.70. The molecule has 0 aliphatic heterocycles. The molecular formula is C14H16Cl3N3. The van der Waals surface area contributed by atoms with Crippen LogP contribution in [0.4, 0.5) is 5.95 Å². The van der Waals surface area contributed by atoms with Crippen LogP contribution in [0.2, 0.25) is 15.1 Å². The van der Waals surface area contributed by atoms with Gasteiger partial charge in [-0.05, 0) is 25.5 Å². The van der Waals surface area contributed by atoms with E-state index in [4.69, 9.17) is 34.8 Å². The van der Waals surface area contributed by atoms with Crippen molar-refractivity contribution in [2.75, 3.05) is 11.9 Å². The normalized spacial score (nSPS) is 10.8. The second-order valence-corrected chi connectivity index (χ2v) is 5.80. The van der Waals surface area contributed by atoms with Gasteiger partial charge in [-0.3, -0.25) is 4.57 Å². The molecule has 0 aliphatic carbocycles. The predicted molar refractivity (Wildman–Crippen MR) is 86.7 cm³/mol. The number of aryl methyl sites for hydroxylation is 1. The third-order valence-corrected chi connectivity index (χ3v) is 3.91. The van der Waals surface area contributed by atoms with Crippen molar-refractivity contribution < 1.29 is 0 Å². The summed E-state index contributed by atoms with van der Waals surface area (Å²) in [6.45, 7) is 4.95. The van der Waals surface area contributed by atoms with Gasteiger partial charge in [-0.25, -0.2) is 4.98 Å². The number of hydrogen-bond donors (Lipinski definition) is 1. The molecule has 0 atom stereocenters. The molecule has 0 amide bonds. The van der Waals surface area contributed by atoms with Gasteiger partial charge < -0.3 is 5.32 Å². The van der Waals surface area contributed by atoms with Crippen LogP contribution < -0.4 is 5.32 Å². The van der Waals surface area contributed by atoms with Gasteiger partial charge in [0.25, 0.3) is 0 Å². The quantitative estimate of drug-likeness (QED) is 0.590. The van der Waals surface area contributed by atoms with Crippen molar-refractivity contribution in [3.63, 3.8) is 0 Å². The fraction of sp³-hybridized carbons (Fsp3) is 0.357. The maximum absolute atomic E-state index is 6.26. The van der Waals surface area contributed by atoms with Crippen molar-refractivity contribution in [1.82, 2.24) is 9.55 Å². The molecule has 2 rings (SSSR count). The molecule has 1 heterocycles. The summed E-state index contributed by atoms with van der Waals surface area (Å²) in [6.07, 6.45) is 4.13. The average Bonchev–Trinajstić information content (AvgIpc) is 2.75. The van der Waals surface area contributed by atoms with Crippen LogP contribution in [0.5, 0.6) is 0 Å². The molecule has 0 aliphatic rings. The maximum atomic E-state index is 6.26. The Balaban J connectivity index is 2.39. The van der Waals surface area contributed by atoms with Gasteiger partial charge in [0.15, 0.2) is 0 Å². The van der Waals surface area contributed by atoms with Gasteiger partial charge in [0.05, 0.1) is 26.4 Å². The van der Waals surface area contributed by atoms with E-state index in [-0.39, 0.29) is 0 Å². The van der Waals surface area contributed by atoms with Crippen LogP contribution in [0.25, 0.3) is 5.69 Å². The standard InChI is InChI=1S/C14H16Cl3N3/c1-3-4-5-18-14-19-9(2)8-20(14)13-7-11(16)10(15)6-12(13)17/h6-8H,3-5H2,1-2H3,(H,18,19). The van der Waals surface area contributed by atoms with E-state index in [2.05, 4.69) is 17.2 Å². The molecule has 0 saturated heterocycles. The summed E-state index contributed by atoms with van der Waals surface area (Å²) in [5.74, 6) is 0.760. The molecule has 0 spiro atoms. The molecule has 1 N–H and O–H groups in total. The van der Waals surface area contributed by atoms with E-state index in [1.54, 1.807) is 12.1 Å². The predicted octanol–water partition coefficient (Wildman–Crippen LogP) is 5.35. The lowest BCUT2D eigenvalue weighted by molar-refractivity contribution is 0.823. The summed E-state index contributed by atoms with van der Waals surface area (Å²) in [4.78, 5) is 4.47. The molecule has 20 heavy (non-hydrogen) atoms. The Morgan fingerprint density at radius 3 is 2.55 bits per heavy atom. The van der Waals surface area contributed by atoms with E-state index in [9.17, 15) is 0 Å². The number of rotatable bonds is 5. The average molecular weight is 333 g/mol. The van der Waals surface area contributed by atoms with Crippen molar-refractivity contribution in [3.8, 4) is 5.69 Å². The summed E-state index contributed by atoms with van der Waals surface area (Å²) in [7, 11) is 0. The van der Waals surface area contributed by atoms with E-state index < -0.39 is 0 Å². The molecule has 0 fully saturated rings. The number of unbranched alkanes of at least 4 members (excludes halogenated alkanes) is 1. The summed E-state index contributed by atoms with van der Waals surface area (Å²) >= 11 is 18.3. The number of nitrogens with one attached hydrogen (secondary N) is 1. The number of benzene rings is 1. The fourth-order valence-corrected chi connectivity index (χ4v) is 2.51. The highest BCUT2D eigenvalue weighted by molar-refractivity contribution is 6.43. The smallest absolute Gasteiger partial charge is 0.207 e. The molecule has 0 radical (unpaired) electrons. The minimum Gasteiger partial charge on any atom is -0.355 e. The molecule has 3 nitrogen and oxygen atoms in total. The Hall–Kier alpha value is -0.900. The van der Waals surface area contributed by atoms with E-state index in [0.717, 1.165) is 36.7 Å². The summed E-state index contributed by atoms with van der Waals surface area (Å²) in [5, 5.41) is 4.76. The SMILES string of the molecule is CCCCNc1nc(C)cn1-c1cc(Cl)c(Cl)cc1Cl. The van der Waals surface area contributed by atoms with Gasteiger partial charge in [0, 0.05) is 12.7 Å². The lowest BCUT2D eigenvalue weighted by Gasteiger charge is -2.12. The van der Waals surface area contributed by atoms with Crippen LogP contribution in [-0.2, 0) is 0 Å². The zero-order chi connectivity index (χ0) is 14.7. The number of imidazole rings is 1. The Morgan fingerprint density at radius 2 is 1.85 bits per heavy atom. The Bertz CT molecular complexity index is 608. The highest BCUT2D eigenvalue weighted by atomic mass is 35.5. The number of anilines is 1. The topological polar surface area (TPSA) is 29.9 Å². The summed E-state index contributed by atoms with van der Waals surface area (Å²) in [6, 6.07) is 3.39. The van der Waals surface area contributed by atoms with Crippen LogP contribution in [0.3, 0.4) is 0 Å². The van der Waals surface area contributed by atoms with Gasteiger partial charge in [0.2, 0.25) is 5.95 Å². The van der Waals surface area contributed by atoms with Gasteiger partial charge in [-0.1, -0.05) is 48.1 Å². The first-order valence-electron chi connectivity index (χ1n) is 6.47.